The van der Waals surface area contributed by atoms with Crippen LogP contribution >= 0.6 is 12.4 Å². The number of H-pyrrole nitrogens is 1. The Balaban J connectivity index is 0.000000845. The van der Waals surface area contributed by atoms with Gasteiger partial charge in [0.25, 0.3) is 0 Å². The van der Waals surface area contributed by atoms with Crippen molar-refractivity contribution in [2.24, 2.45) is 0 Å². The SMILES string of the molecule is COc1ccc2nc(N)[nH]c2c1.Cl. The molecule has 0 fully saturated rings. The van der Waals surface area contributed by atoms with Crippen molar-refractivity contribution in [2.45, 2.75) is 0 Å². The van der Waals surface area contributed by atoms with Gasteiger partial charge in [-0.1, -0.05) is 0 Å². The highest BCUT2D eigenvalue weighted by molar-refractivity contribution is 5.85. The van der Waals surface area contributed by atoms with E-state index in [-0.39, 0.29) is 12.4 Å². The largest absolute Gasteiger partial charge is 0.497 e. The molecule has 0 spiro atoms. The van der Waals surface area contributed by atoms with E-state index in [0.717, 1.165) is 16.8 Å². The fourth-order valence-corrected chi connectivity index (χ4v) is 1.14. The summed E-state index contributed by atoms with van der Waals surface area (Å²) in [5.41, 5.74) is 7.22. The van der Waals surface area contributed by atoms with Crippen molar-refractivity contribution in [3.63, 3.8) is 0 Å². The molecular weight excluding hydrogens is 190 g/mol. The Kier molecular flexibility index (Phi) is 2.63. The standard InChI is InChI=1S/C8H9N3O.ClH/c1-12-5-2-3-6-7(4-5)11-8(9)10-6;/h2-4H,1H3,(H3,9,10,11);1H. The Morgan fingerprint density at radius 3 is 2.92 bits per heavy atom. The number of imidazole rings is 1. The summed E-state index contributed by atoms with van der Waals surface area (Å²) in [5.74, 6) is 1.23. The fraction of sp³-hybridized carbons (Fsp3) is 0.125. The van der Waals surface area contributed by atoms with Gasteiger partial charge in [-0.05, 0) is 12.1 Å². The molecule has 4 nitrogen and oxygen atoms in total. The first-order valence-corrected chi connectivity index (χ1v) is 3.59. The summed E-state index contributed by atoms with van der Waals surface area (Å²) in [6, 6.07) is 5.57. The number of nitrogens with two attached hydrogens (primary N) is 1. The number of anilines is 1. The van der Waals surface area contributed by atoms with Gasteiger partial charge in [-0.3, -0.25) is 0 Å². The number of halogens is 1. The summed E-state index contributed by atoms with van der Waals surface area (Å²) >= 11 is 0. The normalized spacial score (nSPS) is 9.62. The number of fused-ring (bicyclic) bond motifs is 1. The molecule has 1 heterocycles. The van der Waals surface area contributed by atoms with E-state index in [1.54, 1.807) is 7.11 Å². The van der Waals surface area contributed by atoms with E-state index >= 15 is 0 Å². The van der Waals surface area contributed by atoms with Crippen LogP contribution in [0.25, 0.3) is 11.0 Å². The molecule has 3 N–H and O–H groups in total. The van der Waals surface area contributed by atoms with E-state index < -0.39 is 0 Å². The first kappa shape index (κ1) is 9.67. The molecule has 0 saturated carbocycles. The van der Waals surface area contributed by atoms with Gasteiger partial charge in [-0.15, -0.1) is 12.4 Å². The summed E-state index contributed by atoms with van der Waals surface area (Å²) in [6.07, 6.45) is 0. The second kappa shape index (κ2) is 3.53. The molecule has 5 heteroatoms. The number of hydrogen-bond donors (Lipinski definition) is 2. The summed E-state index contributed by atoms with van der Waals surface area (Å²) in [4.78, 5) is 6.98. The van der Waals surface area contributed by atoms with Gasteiger partial charge in [-0.2, -0.15) is 0 Å². The van der Waals surface area contributed by atoms with Crippen LogP contribution in [0.4, 0.5) is 5.95 Å². The molecule has 2 aromatic rings. The third kappa shape index (κ3) is 1.67. The third-order valence-corrected chi connectivity index (χ3v) is 1.71. The Hall–Kier alpha value is -1.42. The van der Waals surface area contributed by atoms with Gasteiger partial charge in [0.05, 0.1) is 18.1 Å². The molecule has 0 saturated heterocycles. The first-order valence-electron chi connectivity index (χ1n) is 3.59. The summed E-state index contributed by atoms with van der Waals surface area (Å²) in [5, 5.41) is 0. The number of benzene rings is 1. The number of methoxy groups -OCH3 is 1. The topological polar surface area (TPSA) is 63.9 Å². The molecule has 1 aromatic carbocycles. The van der Waals surface area contributed by atoms with Crippen molar-refractivity contribution >= 4 is 29.4 Å². The second-order valence-corrected chi connectivity index (χ2v) is 2.51. The number of ether oxygens (including phenoxy) is 1. The highest BCUT2D eigenvalue weighted by atomic mass is 35.5. The van der Waals surface area contributed by atoms with E-state index in [2.05, 4.69) is 9.97 Å². The minimum absolute atomic E-state index is 0. The Morgan fingerprint density at radius 2 is 2.23 bits per heavy atom. The van der Waals surface area contributed by atoms with Crippen molar-refractivity contribution in [1.82, 2.24) is 9.97 Å². The molecule has 13 heavy (non-hydrogen) atoms. The maximum absolute atomic E-state index is 5.47. The van der Waals surface area contributed by atoms with E-state index in [1.165, 1.54) is 0 Å². The number of rotatable bonds is 1. The highest BCUT2D eigenvalue weighted by Gasteiger charge is 1.99. The van der Waals surface area contributed by atoms with Crippen molar-refractivity contribution in [3.05, 3.63) is 18.2 Å². The maximum atomic E-state index is 5.47. The molecular formula is C8H10ClN3O. The van der Waals surface area contributed by atoms with Crippen LogP contribution in [0.15, 0.2) is 18.2 Å². The lowest BCUT2D eigenvalue weighted by atomic mass is 10.3. The van der Waals surface area contributed by atoms with Gasteiger partial charge in [0.1, 0.15) is 5.75 Å². The van der Waals surface area contributed by atoms with Crippen LogP contribution < -0.4 is 10.5 Å². The molecule has 0 aliphatic heterocycles. The van der Waals surface area contributed by atoms with Crippen LogP contribution in [0.3, 0.4) is 0 Å². The number of nitrogens with zero attached hydrogens (tertiary/aromatic N) is 1. The quantitative estimate of drug-likeness (QED) is 0.733. The molecule has 0 radical (unpaired) electrons. The predicted molar refractivity (Wildman–Crippen MR) is 54.3 cm³/mol. The van der Waals surface area contributed by atoms with Gasteiger partial charge in [-0.25, -0.2) is 4.98 Å². The number of nitrogens with one attached hydrogen (secondary N) is 1. The molecule has 0 amide bonds. The van der Waals surface area contributed by atoms with E-state index in [0.29, 0.717) is 5.95 Å². The Bertz CT molecular complexity index is 413. The monoisotopic (exact) mass is 199 g/mol. The molecule has 2 rings (SSSR count). The second-order valence-electron chi connectivity index (χ2n) is 2.51. The minimum atomic E-state index is 0. The van der Waals surface area contributed by atoms with Crippen molar-refractivity contribution in [2.75, 3.05) is 12.8 Å². The van der Waals surface area contributed by atoms with Crippen molar-refractivity contribution in [3.8, 4) is 5.75 Å². The molecule has 0 aliphatic rings. The number of hydrogen-bond acceptors (Lipinski definition) is 3. The highest BCUT2D eigenvalue weighted by Crippen LogP contribution is 2.18. The molecule has 0 bridgehead atoms. The van der Waals surface area contributed by atoms with Crippen LogP contribution in [0.2, 0.25) is 0 Å². The number of nitrogen functional groups attached to an aromatic ring is 1. The lowest BCUT2D eigenvalue weighted by Gasteiger charge is -1.96. The van der Waals surface area contributed by atoms with Crippen LogP contribution in [0.1, 0.15) is 0 Å². The zero-order chi connectivity index (χ0) is 8.55. The van der Waals surface area contributed by atoms with Crippen LogP contribution in [-0.4, -0.2) is 17.1 Å². The zero-order valence-electron chi connectivity index (χ0n) is 7.07. The number of aromatic amines is 1. The summed E-state index contributed by atoms with van der Waals surface area (Å²) < 4.78 is 5.04. The molecule has 70 valence electrons. The van der Waals surface area contributed by atoms with Gasteiger partial charge in [0.15, 0.2) is 5.95 Å². The zero-order valence-corrected chi connectivity index (χ0v) is 7.89. The number of aromatic nitrogens is 2. The van der Waals surface area contributed by atoms with Crippen LogP contribution in [-0.2, 0) is 0 Å². The average molecular weight is 200 g/mol. The maximum Gasteiger partial charge on any atom is 0.198 e. The lowest BCUT2D eigenvalue weighted by Crippen LogP contribution is -1.84. The summed E-state index contributed by atoms with van der Waals surface area (Å²) in [7, 11) is 1.63. The molecule has 1 aromatic heterocycles. The van der Waals surface area contributed by atoms with E-state index in [1.807, 2.05) is 18.2 Å². The Morgan fingerprint density at radius 1 is 1.46 bits per heavy atom. The van der Waals surface area contributed by atoms with Crippen LogP contribution in [0.5, 0.6) is 5.75 Å². The van der Waals surface area contributed by atoms with Gasteiger partial charge >= 0.3 is 0 Å². The third-order valence-electron chi connectivity index (χ3n) is 1.71. The average Bonchev–Trinajstić information content (AvgIpc) is 2.43. The van der Waals surface area contributed by atoms with E-state index in [9.17, 15) is 0 Å². The van der Waals surface area contributed by atoms with Crippen molar-refractivity contribution < 1.29 is 4.74 Å². The van der Waals surface area contributed by atoms with Crippen molar-refractivity contribution in [1.29, 1.82) is 0 Å². The molecule has 0 aliphatic carbocycles. The fourth-order valence-electron chi connectivity index (χ4n) is 1.14. The van der Waals surface area contributed by atoms with E-state index in [4.69, 9.17) is 10.5 Å². The van der Waals surface area contributed by atoms with Gasteiger partial charge in [0, 0.05) is 6.07 Å². The van der Waals surface area contributed by atoms with Crippen LogP contribution in [0, 0.1) is 0 Å². The minimum Gasteiger partial charge on any atom is -0.497 e. The van der Waals surface area contributed by atoms with Gasteiger partial charge < -0.3 is 15.5 Å². The molecule has 0 atom stereocenters. The lowest BCUT2D eigenvalue weighted by molar-refractivity contribution is 0.415. The summed E-state index contributed by atoms with van der Waals surface area (Å²) in [6.45, 7) is 0. The predicted octanol–water partition coefficient (Wildman–Crippen LogP) is 1.58. The first-order chi connectivity index (χ1) is 5.79. The Labute approximate surface area is 81.5 Å². The smallest absolute Gasteiger partial charge is 0.198 e. The molecule has 0 unspecified atom stereocenters. The van der Waals surface area contributed by atoms with Gasteiger partial charge in [0.2, 0.25) is 0 Å².